The van der Waals surface area contributed by atoms with Crippen molar-refractivity contribution in [3.63, 3.8) is 0 Å². The smallest absolute Gasteiger partial charge is 0.227 e. The van der Waals surface area contributed by atoms with Crippen LogP contribution in [0.25, 0.3) is 31.8 Å². The fourth-order valence-corrected chi connectivity index (χ4v) is 5.94. The van der Waals surface area contributed by atoms with Gasteiger partial charge in [0.05, 0.1) is 38.7 Å². The Morgan fingerprint density at radius 1 is 0.765 bits per heavy atom. The molecule has 6 nitrogen and oxygen atoms in total. The zero-order valence-electron chi connectivity index (χ0n) is 19.0. The van der Waals surface area contributed by atoms with Gasteiger partial charge in [0.2, 0.25) is 5.12 Å². The Balaban J connectivity index is 1.73. The van der Waals surface area contributed by atoms with Gasteiger partial charge in [-0.3, -0.25) is 4.79 Å². The van der Waals surface area contributed by atoms with Crippen LogP contribution in [0.3, 0.4) is 0 Å². The Morgan fingerprint density at radius 3 is 2.00 bits per heavy atom. The molecule has 172 valence electrons. The second-order valence-corrected chi connectivity index (χ2v) is 9.69. The van der Waals surface area contributed by atoms with Gasteiger partial charge in [0.25, 0.3) is 0 Å². The maximum absolute atomic E-state index is 13.6. The molecule has 0 aliphatic carbocycles. The number of carbonyl (C=O) groups excluding carboxylic acids is 1. The first-order valence-electron chi connectivity index (χ1n) is 10.4. The van der Waals surface area contributed by atoms with E-state index in [2.05, 4.69) is 4.98 Å². The molecule has 0 spiro atoms. The van der Waals surface area contributed by atoms with E-state index in [-0.39, 0.29) is 5.12 Å². The highest BCUT2D eigenvalue weighted by Crippen LogP contribution is 2.42. The molecule has 8 heteroatoms. The van der Waals surface area contributed by atoms with E-state index in [0.717, 1.165) is 43.5 Å². The molecule has 5 aromatic rings. The van der Waals surface area contributed by atoms with E-state index in [1.54, 1.807) is 28.4 Å². The molecule has 0 saturated heterocycles. The lowest BCUT2D eigenvalue weighted by Crippen LogP contribution is -1.99. The Kier molecular flexibility index (Phi) is 5.93. The first kappa shape index (κ1) is 22.3. The topological polar surface area (TPSA) is 66.9 Å². The van der Waals surface area contributed by atoms with Crippen LogP contribution in [0.4, 0.5) is 0 Å². The summed E-state index contributed by atoms with van der Waals surface area (Å²) in [4.78, 5) is 18.2. The number of aromatic nitrogens is 1. The Hall–Kier alpha value is -3.49. The predicted octanol–water partition coefficient (Wildman–Crippen LogP) is 6.57. The van der Waals surface area contributed by atoms with Crippen molar-refractivity contribution in [3.05, 3.63) is 60.2 Å². The number of hydrogen-bond acceptors (Lipinski definition) is 8. The lowest BCUT2D eigenvalue weighted by atomic mass is 9.96. The van der Waals surface area contributed by atoms with Gasteiger partial charge in [0.1, 0.15) is 0 Å². The molecule has 1 heterocycles. The summed E-state index contributed by atoms with van der Waals surface area (Å²) < 4.78 is 23.8. The van der Waals surface area contributed by atoms with Crippen LogP contribution in [0, 0.1) is 0 Å². The van der Waals surface area contributed by atoms with Crippen molar-refractivity contribution >= 4 is 60.0 Å². The molecule has 0 radical (unpaired) electrons. The molecule has 4 aromatic carbocycles. The Morgan fingerprint density at radius 2 is 1.35 bits per heavy atom. The van der Waals surface area contributed by atoms with Crippen LogP contribution in [0.15, 0.2) is 58.9 Å². The lowest BCUT2D eigenvalue weighted by molar-refractivity contribution is 0.109. The second kappa shape index (κ2) is 9.04. The number of methoxy groups -OCH3 is 4. The highest BCUT2D eigenvalue weighted by Gasteiger charge is 2.20. The van der Waals surface area contributed by atoms with Gasteiger partial charge >= 0.3 is 0 Å². The number of carbonyl (C=O) groups is 1. The summed E-state index contributed by atoms with van der Waals surface area (Å²) in [5.74, 6) is 2.32. The average molecular weight is 492 g/mol. The van der Waals surface area contributed by atoms with E-state index in [1.165, 1.54) is 11.3 Å². The molecule has 1 aromatic heterocycles. The van der Waals surface area contributed by atoms with Gasteiger partial charge in [-0.05, 0) is 75.8 Å². The number of thiazole rings is 1. The number of benzene rings is 4. The van der Waals surface area contributed by atoms with E-state index in [4.69, 9.17) is 18.9 Å². The summed E-state index contributed by atoms with van der Waals surface area (Å²) in [6.45, 7) is 0. The summed E-state index contributed by atoms with van der Waals surface area (Å²) in [5, 5.41) is 3.27. The zero-order valence-corrected chi connectivity index (χ0v) is 20.6. The molecule has 0 unspecified atom stereocenters. The fourth-order valence-electron chi connectivity index (χ4n) is 4.00. The maximum atomic E-state index is 13.6. The number of nitrogens with zero attached hydrogens (tertiary/aromatic N) is 1. The molecule has 0 amide bonds. The van der Waals surface area contributed by atoms with Gasteiger partial charge in [-0.25, -0.2) is 4.98 Å². The van der Waals surface area contributed by atoms with E-state index in [0.29, 0.717) is 32.9 Å². The van der Waals surface area contributed by atoms with E-state index in [1.807, 2.05) is 54.6 Å². The molecule has 0 saturated carbocycles. The third-order valence-electron chi connectivity index (χ3n) is 5.63. The SMILES string of the molecule is COc1cc2cc(C(=O)Sc3nc4ccccc4s3)c3cc(OC)c(OC)cc3c2cc1OC. The third-order valence-corrected chi connectivity index (χ3v) is 7.64. The molecule has 0 fully saturated rings. The number of fused-ring (bicyclic) bond motifs is 4. The number of thioether (sulfide) groups is 1. The van der Waals surface area contributed by atoms with Crippen molar-refractivity contribution in [3.8, 4) is 23.0 Å². The molecular weight excluding hydrogens is 470 g/mol. The second-order valence-electron chi connectivity index (χ2n) is 7.44. The molecule has 0 N–H and O–H groups in total. The van der Waals surface area contributed by atoms with Gasteiger partial charge in [0.15, 0.2) is 27.3 Å². The number of para-hydroxylation sites is 1. The van der Waals surface area contributed by atoms with Crippen LogP contribution in [0.2, 0.25) is 0 Å². The minimum Gasteiger partial charge on any atom is -0.493 e. The maximum Gasteiger partial charge on any atom is 0.227 e. The van der Waals surface area contributed by atoms with Crippen LogP contribution < -0.4 is 18.9 Å². The van der Waals surface area contributed by atoms with Crippen LogP contribution in [-0.4, -0.2) is 38.5 Å². The van der Waals surface area contributed by atoms with E-state index >= 15 is 0 Å². The van der Waals surface area contributed by atoms with Gasteiger partial charge < -0.3 is 18.9 Å². The van der Waals surface area contributed by atoms with Gasteiger partial charge in [-0.1, -0.05) is 12.1 Å². The van der Waals surface area contributed by atoms with Crippen molar-refractivity contribution < 1.29 is 23.7 Å². The van der Waals surface area contributed by atoms with Crippen molar-refractivity contribution in [1.29, 1.82) is 0 Å². The summed E-state index contributed by atoms with van der Waals surface area (Å²) in [6.07, 6.45) is 0. The molecule has 0 bridgehead atoms. The number of hydrogen-bond donors (Lipinski definition) is 0. The third kappa shape index (κ3) is 3.78. The van der Waals surface area contributed by atoms with Gasteiger partial charge in [0, 0.05) is 5.56 Å². The summed E-state index contributed by atoms with van der Waals surface area (Å²) in [7, 11) is 6.36. The predicted molar refractivity (Wildman–Crippen MR) is 137 cm³/mol. The Bertz CT molecular complexity index is 1530. The average Bonchev–Trinajstić information content (AvgIpc) is 3.28. The fraction of sp³-hybridized carbons (Fsp3) is 0.154. The van der Waals surface area contributed by atoms with E-state index in [9.17, 15) is 4.79 Å². The molecule has 0 atom stereocenters. The normalized spacial score (nSPS) is 11.2. The summed E-state index contributed by atoms with van der Waals surface area (Å²) >= 11 is 2.63. The van der Waals surface area contributed by atoms with Crippen molar-refractivity contribution in [1.82, 2.24) is 4.98 Å². The van der Waals surface area contributed by atoms with Crippen LogP contribution in [0.1, 0.15) is 10.4 Å². The first-order chi connectivity index (χ1) is 16.6. The van der Waals surface area contributed by atoms with Gasteiger partial charge in [-0.15, -0.1) is 11.3 Å². The van der Waals surface area contributed by atoms with Crippen molar-refractivity contribution in [2.75, 3.05) is 28.4 Å². The van der Waals surface area contributed by atoms with Crippen LogP contribution in [0.5, 0.6) is 23.0 Å². The van der Waals surface area contributed by atoms with E-state index < -0.39 is 0 Å². The highest BCUT2D eigenvalue weighted by atomic mass is 32.2. The Labute approximate surface area is 204 Å². The lowest BCUT2D eigenvalue weighted by Gasteiger charge is -2.15. The van der Waals surface area contributed by atoms with Crippen molar-refractivity contribution in [2.24, 2.45) is 0 Å². The molecule has 0 aliphatic heterocycles. The number of rotatable bonds is 6. The highest BCUT2D eigenvalue weighted by molar-refractivity contribution is 8.15. The standard InChI is InChI=1S/C26H21NO5S2/c1-29-20-10-14-9-18(25(28)34-26-27-19-7-5-6-8-24(19)33-26)17-13-23(32-4)22(31-3)12-16(17)15(14)11-21(20)30-2/h5-13H,1-4H3. The quantitative estimate of drug-likeness (QED) is 0.197. The summed E-state index contributed by atoms with van der Waals surface area (Å²) in [6, 6.07) is 17.3. The minimum absolute atomic E-state index is 0.104. The molecular formula is C26H21NO5S2. The van der Waals surface area contributed by atoms with Crippen LogP contribution in [-0.2, 0) is 0 Å². The van der Waals surface area contributed by atoms with Crippen LogP contribution >= 0.6 is 23.1 Å². The minimum atomic E-state index is -0.104. The van der Waals surface area contributed by atoms with Crippen molar-refractivity contribution in [2.45, 2.75) is 4.34 Å². The molecule has 5 rings (SSSR count). The molecule has 0 aliphatic rings. The number of ether oxygens (including phenoxy) is 4. The molecule has 34 heavy (non-hydrogen) atoms. The first-order valence-corrected chi connectivity index (χ1v) is 12.0. The van der Waals surface area contributed by atoms with Gasteiger partial charge in [-0.2, -0.15) is 0 Å². The zero-order chi connectivity index (χ0) is 23.8. The monoisotopic (exact) mass is 491 g/mol. The summed E-state index contributed by atoms with van der Waals surface area (Å²) in [5.41, 5.74) is 1.44. The largest absolute Gasteiger partial charge is 0.493 e.